The van der Waals surface area contributed by atoms with Gasteiger partial charge in [0.25, 0.3) is 22.4 Å². The Kier molecular flexibility index (Phi) is 6.68. The van der Waals surface area contributed by atoms with Crippen LogP contribution in [0.2, 0.25) is 0 Å². The van der Waals surface area contributed by atoms with Gasteiger partial charge in [0.15, 0.2) is 0 Å². The minimum absolute atomic E-state index is 0.0196. The maximum absolute atomic E-state index is 12.6. The van der Waals surface area contributed by atoms with Crippen LogP contribution in [0.1, 0.15) is 23.7 Å². The maximum atomic E-state index is 12.6. The molecule has 2 rings (SSSR count). The lowest BCUT2D eigenvalue weighted by molar-refractivity contribution is 0.0555. The number of halogens is 2. The molecular formula is C18H20F2N2O3S. The van der Waals surface area contributed by atoms with Crippen LogP contribution in [0.5, 0.6) is 0 Å². The van der Waals surface area contributed by atoms with E-state index in [4.69, 9.17) is 0 Å². The van der Waals surface area contributed by atoms with Crippen molar-refractivity contribution in [3.8, 4) is 0 Å². The van der Waals surface area contributed by atoms with Crippen molar-refractivity contribution in [3.63, 3.8) is 0 Å². The molecular weight excluding hydrogens is 362 g/mol. The molecule has 0 saturated carbocycles. The highest BCUT2D eigenvalue weighted by Gasteiger charge is 2.20. The van der Waals surface area contributed by atoms with Gasteiger partial charge in [-0.25, -0.2) is 17.2 Å². The summed E-state index contributed by atoms with van der Waals surface area (Å²) < 4.78 is 52.4. The molecule has 0 saturated heterocycles. The number of nitrogens with zero attached hydrogens (tertiary/aromatic N) is 1. The smallest absolute Gasteiger partial charge is 0.261 e. The van der Waals surface area contributed by atoms with Gasteiger partial charge in [0, 0.05) is 17.8 Å². The van der Waals surface area contributed by atoms with E-state index in [1.54, 1.807) is 37.3 Å². The minimum atomic E-state index is -3.80. The Bertz CT molecular complexity index is 825. The topological polar surface area (TPSA) is 66.5 Å². The van der Waals surface area contributed by atoms with Crippen molar-refractivity contribution in [2.45, 2.75) is 24.7 Å². The Morgan fingerprint density at radius 2 is 1.69 bits per heavy atom. The number of sulfonamides is 1. The van der Waals surface area contributed by atoms with E-state index in [2.05, 4.69) is 4.72 Å². The average Bonchev–Trinajstić information content (AvgIpc) is 2.61. The number of carbonyl (C=O) groups is 1. The van der Waals surface area contributed by atoms with E-state index in [1.807, 2.05) is 0 Å². The van der Waals surface area contributed by atoms with Crippen molar-refractivity contribution in [3.05, 3.63) is 60.2 Å². The van der Waals surface area contributed by atoms with Gasteiger partial charge in [0.2, 0.25) is 0 Å². The van der Waals surface area contributed by atoms with E-state index < -0.39 is 28.9 Å². The number of anilines is 1. The highest BCUT2D eigenvalue weighted by Crippen LogP contribution is 2.17. The Balaban J connectivity index is 2.17. The van der Waals surface area contributed by atoms with E-state index >= 15 is 0 Å². The number of para-hydroxylation sites is 1. The molecule has 0 radical (unpaired) electrons. The Morgan fingerprint density at radius 1 is 1.08 bits per heavy atom. The van der Waals surface area contributed by atoms with Crippen LogP contribution in [-0.4, -0.2) is 38.7 Å². The zero-order chi connectivity index (χ0) is 19.2. The van der Waals surface area contributed by atoms with Crippen molar-refractivity contribution >= 4 is 21.6 Å². The van der Waals surface area contributed by atoms with Crippen LogP contribution < -0.4 is 4.72 Å². The SMILES string of the molecule is CCCN(CC(F)F)C(=O)c1ccc(S(=O)(=O)Nc2ccccc2)cc1. The molecule has 0 aliphatic carbocycles. The van der Waals surface area contributed by atoms with Crippen LogP contribution in [0.4, 0.5) is 14.5 Å². The monoisotopic (exact) mass is 382 g/mol. The molecule has 0 atom stereocenters. The van der Waals surface area contributed by atoms with Gasteiger partial charge in [-0.3, -0.25) is 9.52 Å². The second-order valence-corrected chi connectivity index (χ2v) is 7.32. The molecule has 1 N–H and O–H groups in total. The fraction of sp³-hybridized carbons (Fsp3) is 0.278. The van der Waals surface area contributed by atoms with Gasteiger partial charge in [-0.2, -0.15) is 0 Å². The number of hydrogen-bond acceptors (Lipinski definition) is 3. The third-order valence-electron chi connectivity index (χ3n) is 3.58. The summed E-state index contributed by atoms with van der Waals surface area (Å²) in [6, 6.07) is 13.6. The lowest BCUT2D eigenvalue weighted by Gasteiger charge is -2.21. The molecule has 0 aromatic heterocycles. The van der Waals surface area contributed by atoms with Crippen LogP contribution in [-0.2, 0) is 10.0 Å². The fourth-order valence-electron chi connectivity index (χ4n) is 2.39. The first-order valence-electron chi connectivity index (χ1n) is 8.09. The molecule has 0 unspecified atom stereocenters. The summed E-state index contributed by atoms with van der Waals surface area (Å²) in [5.74, 6) is -0.549. The van der Waals surface area contributed by atoms with E-state index in [1.165, 1.54) is 24.3 Å². The number of carbonyl (C=O) groups excluding carboxylic acids is 1. The van der Waals surface area contributed by atoms with Gasteiger partial charge in [0.1, 0.15) is 0 Å². The van der Waals surface area contributed by atoms with E-state index in [0.29, 0.717) is 12.1 Å². The second kappa shape index (κ2) is 8.75. The normalized spacial score (nSPS) is 11.4. The number of benzene rings is 2. The molecule has 2 aromatic rings. The Labute approximate surface area is 151 Å². The van der Waals surface area contributed by atoms with Crippen molar-refractivity contribution in [1.29, 1.82) is 0 Å². The fourth-order valence-corrected chi connectivity index (χ4v) is 3.45. The van der Waals surface area contributed by atoms with Crippen molar-refractivity contribution < 1.29 is 22.0 Å². The van der Waals surface area contributed by atoms with E-state index in [0.717, 1.165) is 4.90 Å². The summed E-state index contributed by atoms with van der Waals surface area (Å²) in [6.07, 6.45) is -2.08. The molecule has 1 amide bonds. The van der Waals surface area contributed by atoms with Crippen molar-refractivity contribution in [1.82, 2.24) is 4.90 Å². The summed E-state index contributed by atoms with van der Waals surface area (Å²) in [7, 11) is -3.80. The van der Waals surface area contributed by atoms with Crippen molar-refractivity contribution in [2.24, 2.45) is 0 Å². The van der Waals surface area contributed by atoms with E-state index in [-0.39, 0.29) is 17.0 Å². The van der Waals surface area contributed by atoms with E-state index in [9.17, 15) is 22.0 Å². The first kappa shape index (κ1) is 19.8. The van der Waals surface area contributed by atoms with Gasteiger partial charge in [-0.15, -0.1) is 0 Å². The number of nitrogens with one attached hydrogen (secondary N) is 1. The van der Waals surface area contributed by atoms with Crippen LogP contribution in [0.3, 0.4) is 0 Å². The molecule has 0 spiro atoms. The molecule has 8 heteroatoms. The zero-order valence-corrected chi connectivity index (χ0v) is 15.0. The van der Waals surface area contributed by atoms with Crippen molar-refractivity contribution in [2.75, 3.05) is 17.8 Å². The van der Waals surface area contributed by atoms with Gasteiger partial charge in [-0.05, 0) is 42.8 Å². The molecule has 26 heavy (non-hydrogen) atoms. The number of amides is 1. The average molecular weight is 382 g/mol. The quantitative estimate of drug-likeness (QED) is 0.759. The predicted octanol–water partition coefficient (Wildman–Crippen LogP) is 3.60. The maximum Gasteiger partial charge on any atom is 0.261 e. The van der Waals surface area contributed by atoms with Gasteiger partial charge >= 0.3 is 0 Å². The molecule has 2 aromatic carbocycles. The van der Waals surface area contributed by atoms with Gasteiger partial charge in [-0.1, -0.05) is 25.1 Å². The first-order chi connectivity index (χ1) is 12.3. The minimum Gasteiger partial charge on any atom is -0.333 e. The highest BCUT2D eigenvalue weighted by molar-refractivity contribution is 7.92. The molecule has 140 valence electrons. The van der Waals surface area contributed by atoms with Crippen LogP contribution in [0.15, 0.2) is 59.5 Å². The summed E-state index contributed by atoms with van der Waals surface area (Å²) in [5, 5.41) is 0. The summed E-state index contributed by atoms with van der Waals surface area (Å²) in [6.45, 7) is 1.34. The zero-order valence-electron chi connectivity index (χ0n) is 14.2. The van der Waals surface area contributed by atoms with Gasteiger partial charge in [0.05, 0.1) is 11.4 Å². The lowest BCUT2D eigenvalue weighted by Crippen LogP contribution is -2.35. The number of alkyl halides is 2. The summed E-state index contributed by atoms with van der Waals surface area (Å²) >= 11 is 0. The summed E-state index contributed by atoms with van der Waals surface area (Å²) in [4.78, 5) is 13.4. The lowest BCUT2D eigenvalue weighted by atomic mass is 10.2. The standard InChI is InChI=1S/C18H20F2N2O3S/c1-2-12-22(13-17(19)20)18(23)14-8-10-16(11-9-14)26(24,25)21-15-6-4-3-5-7-15/h3-11,17,21H,2,12-13H2,1H3. The summed E-state index contributed by atoms with van der Waals surface area (Å²) in [5.41, 5.74) is 0.580. The molecule has 0 aliphatic heterocycles. The van der Waals surface area contributed by atoms with Crippen LogP contribution in [0.25, 0.3) is 0 Å². The van der Waals surface area contributed by atoms with Crippen LogP contribution >= 0.6 is 0 Å². The van der Waals surface area contributed by atoms with Gasteiger partial charge < -0.3 is 4.90 Å². The third kappa shape index (κ3) is 5.26. The second-order valence-electron chi connectivity index (χ2n) is 5.64. The third-order valence-corrected chi connectivity index (χ3v) is 4.97. The van der Waals surface area contributed by atoms with Crippen LogP contribution in [0, 0.1) is 0 Å². The molecule has 0 fully saturated rings. The molecule has 0 heterocycles. The molecule has 5 nitrogen and oxygen atoms in total. The number of rotatable bonds is 8. The highest BCUT2D eigenvalue weighted by atomic mass is 32.2. The molecule has 0 bridgehead atoms. The largest absolute Gasteiger partial charge is 0.333 e. The first-order valence-corrected chi connectivity index (χ1v) is 9.57. The Morgan fingerprint density at radius 3 is 2.23 bits per heavy atom. The number of hydrogen-bond donors (Lipinski definition) is 1. The molecule has 0 aliphatic rings. The predicted molar refractivity (Wildman–Crippen MR) is 95.9 cm³/mol. The Hall–Kier alpha value is -2.48.